The predicted octanol–water partition coefficient (Wildman–Crippen LogP) is 10.2. The number of para-hydroxylation sites is 2. The first-order valence-electron chi connectivity index (χ1n) is 17.3. The van der Waals surface area contributed by atoms with E-state index in [9.17, 15) is 9.59 Å². The van der Waals surface area contributed by atoms with Gasteiger partial charge in [0, 0.05) is 49.7 Å². The lowest BCUT2D eigenvalue weighted by molar-refractivity contribution is 0.0588. The first-order valence-corrected chi connectivity index (χ1v) is 17.3. The average molecular weight is 629 g/mol. The van der Waals surface area contributed by atoms with Crippen LogP contribution >= 0.6 is 0 Å². The number of ether oxygens (including phenoxy) is 2. The van der Waals surface area contributed by atoms with Crippen LogP contribution in [-0.2, 0) is 9.47 Å². The Balaban J connectivity index is 2.05. The molecule has 0 fully saturated rings. The minimum atomic E-state index is -0.445. The van der Waals surface area contributed by atoms with Crippen LogP contribution < -0.4 is 9.80 Å². The minimum absolute atomic E-state index is 0.416. The molecule has 0 saturated carbocycles. The molecule has 0 amide bonds. The van der Waals surface area contributed by atoms with Crippen LogP contribution in [0.3, 0.4) is 0 Å². The van der Waals surface area contributed by atoms with E-state index in [2.05, 4.69) is 49.9 Å². The highest BCUT2D eigenvalue weighted by molar-refractivity contribution is 6.07. The number of methoxy groups -OCH3 is 2. The first-order chi connectivity index (χ1) is 22.4. The zero-order chi connectivity index (χ0) is 33.3. The molecular formula is C40H56N2O4. The lowest BCUT2D eigenvalue weighted by Gasteiger charge is -2.25. The summed E-state index contributed by atoms with van der Waals surface area (Å²) in [6, 6.07) is 19.8. The van der Waals surface area contributed by atoms with Crippen molar-refractivity contribution in [3.8, 4) is 22.3 Å². The van der Waals surface area contributed by atoms with Gasteiger partial charge in [-0.1, -0.05) is 114 Å². The van der Waals surface area contributed by atoms with Crippen molar-refractivity contribution < 1.29 is 19.1 Å². The molecule has 0 saturated heterocycles. The van der Waals surface area contributed by atoms with Gasteiger partial charge < -0.3 is 19.3 Å². The fraction of sp³-hybridized carbons (Fsp3) is 0.500. The van der Waals surface area contributed by atoms with Gasteiger partial charge in [-0.25, -0.2) is 9.59 Å². The number of rotatable bonds is 20. The van der Waals surface area contributed by atoms with Crippen molar-refractivity contribution >= 4 is 23.3 Å². The summed E-state index contributed by atoms with van der Waals surface area (Å²) in [6.07, 6.45) is 14.7. The Hall–Kier alpha value is -3.80. The van der Waals surface area contributed by atoms with Crippen LogP contribution in [0.2, 0.25) is 0 Å². The van der Waals surface area contributed by atoms with Crippen LogP contribution in [0, 0.1) is 0 Å². The average Bonchev–Trinajstić information content (AvgIpc) is 3.09. The number of hydrogen-bond acceptors (Lipinski definition) is 6. The maximum Gasteiger partial charge on any atom is 0.338 e. The Labute approximate surface area is 278 Å². The molecule has 0 bridgehead atoms. The summed E-state index contributed by atoms with van der Waals surface area (Å²) >= 11 is 0. The Morgan fingerprint density at radius 2 is 0.870 bits per heavy atom. The zero-order valence-corrected chi connectivity index (χ0v) is 29.2. The summed E-state index contributed by atoms with van der Waals surface area (Å²) in [5.41, 5.74) is 5.90. The number of benzene rings is 3. The number of carbonyl (C=O) groups excluding carboxylic acids is 2. The SMILES string of the molecule is CCCCCCCCN(C)c1ccccc1-c1cc(C(=O)OC)c(-c2ccccc2N(C)CCCCCCCC)cc1C(=O)OC. The Bertz CT molecular complexity index is 1280. The van der Waals surface area contributed by atoms with Crippen LogP contribution in [0.25, 0.3) is 22.3 Å². The standard InChI is InChI=1S/C40H56N2O4/c1-7-9-11-13-15-21-27-41(3)37-25-19-17-23-31(37)33-29-36(40(44)46-6)34(30-35(33)39(43)45-5)32-24-18-20-26-38(32)42(4)28-22-16-14-12-10-8-2/h17-20,23-26,29-30H,7-16,21-22,27-28H2,1-6H3. The highest BCUT2D eigenvalue weighted by Gasteiger charge is 2.25. The molecule has 0 aromatic heterocycles. The van der Waals surface area contributed by atoms with Crippen molar-refractivity contribution in [3.05, 3.63) is 71.8 Å². The normalized spacial score (nSPS) is 10.9. The number of hydrogen-bond donors (Lipinski definition) is 0. The third-order valence-corrected chi connectivity index (χ3v) is 8.87. The Morgan fingerprint density at radius 3 is 1.24 bits per heavy atom. The van der Waals surface area contributed by atoms with Gasteiger partial charge in [-0.3, -0.25) is 0 Å². The fourth-order valence-corrected chi connectivity index (χ4v) is 6.17. The van der Waals surface area contributed by atoms with E-state index in [-0.39, 0.29) is 0 Å². The molecule has 3 rings (SSSR count). The van der Waals surface area contributed by atoms with E-state index in [0.717, 1.165) is 48.4 Å². The van der Waals surface area contributed by atoms with E-state index in [0.29, 0.717) is 22.3 Å². The molecule has 0 unspecified atom stereocenters. The molecule has 0 atom stereocenters. The van der Waals surface area contributed by atoms with Gasteiger partial charge in [-0.15, -0.1) is 0 Å². The summed E-state index contributed by atoms with van der Waals surface area (Å²) in [4.78, 5) is 31.3. The Kier molecular flexibility index (Phi) is 15.7. The molecule has 46 heavy (non-hydrogen) atoms. The topological polar surface area (TPSA) is 59.1 Å². The number of anilines is 2. The second kappa shape index (κ2) is 19.7. The fourth-order valence-electron chi connectivity index (χ4n) is 6.17. The molecule has 0 heterocycles. The molecule has 6 nitrogen and oxygen atoms in total. The molecule has 0 spiro atoms. The van der Waals surface area contributed by atoms with Gasteiger partial charge in [0.1, 0.15) is 0 Å². The molecule has 0 aliphatic rings. The van der Waals surface area contributed by atoms with E-state index >= 15 is 0 Å². The van der Waals surface area contributed by atoms with E-state index in [4.69, 9.17) is 9.47 Å². The van der Waals surface area contributed by atoms with Crippen LogP contribution in [-0.4, -0.2) is 53.3 Å². The summed E-state index contributed by atoms with van der Waals surface area (Å²) in [5.74, 6) is -0.891. The largest absolute Gasteiger partial charge is 0.465 e. The summed E-state index contributed by atoms with van der Waals surface area (Å²) in [5, 5.41) is 0. The van der Waals surface area contributed by atoms with Crippen LogP contribution in [0.5, 0.6) is 0 Å². The van der Waals surface area contributed by atoms with E-state index in [1.807, 2.05) is 48.5 Å². The molecule has 6 heteroatoms. The summed E-state index contributed by atoms with van der Waals surface area (Å²) < 4.78 is 10.6. The third-order valence-electron chi connectivity index (χ3n) is 8.87. The molecule has 0 aliphatic carbocycles. The van der Waals surface area contributed by atoms with Crippen LogP contribution in [0.15, 0.2) is 60.7 Å². The third kappa shape index (κ3) is 10.1. The lowest BCUT2D eigenvalue weighted by Crippen LogP contribution is -2.20. The number of carbonyl (C=O) groups is 2. The Morgan fingerprint density at radius 1 is 0.522 bits per heavy atom. The molecular weight excluding hydrogens is 572 g/mol. The first kappa shape index (κ1) is 36.7. The van der Waals surface area contributed by atoms with Gasteiger partial charge in [0.05, 0.1) is 25.3 Å². The van der Waals surface area contributed by atoms with Gasteiger partial charge in [0.2, 0.25) is 0 Å². The van der Waals surface area contributed by atoms with Gasteiger partial charge in [-0.2, -0.15) is 0 Å². The van der Waals surface area contributed by atoms with Crippen LogP contribution in [0.4, 0.5) is 11.4 Å². The molecule has 0 aliphatic heterocycles. The van der Waals surface area contributed by atoms with Crippen molar-refractivity contribution in [1.29, 1.82) is 0 Å². The molecule has 3 aromatic rings. The van der Waals surface area contributed by atoms with Crippen LogP contribution in [0.1, 0.15) is 112 Å². The van der Waals surface area contributed by atoms with E-state index in [1.165, 1.54) is 78.4 Å². The van der Waals surface area contributed by atoms with Crippen molar-refractivity contribution in [2.45, 2.75) is 90.9 Å². The van der Waals surface area contributed by atoms with Gasteiger partial charge in [0.15, 0.2) is 0 Å². The quantitative estimate of drug-likeness (QED) is 0.0917. The number of esters is 2. The molecule has 0 radical (unpaired) electrons. The van der Waals surface area contributed by atoms with Crippen molar-refractivity contribution in [2.24, 2.45) is 0 Å². The summed E-state index contributed by atoms with van der Waals surface area (Å²) in [6.45, 7) is 6.27. The van der Waals surface area contributed by atoms with Crippen molar-refractivity contribution in [2.75, 3.05) is 51.2 Å². The molecule has 3 aromatic carbocycles. The molecule has 0 N–H and O–H groups in total. The van der Waals surface area contributed by atoms with E-state index < -0.39 is 11.9 Å². The number of unbranched alkanes of at least 4 members (excludes halogenated alkanes) is 10. The van der Waals surface area contributed by atoms with Gasteiger partial charge in [0.25, 0.3) is 0 Å². The van der Waals surface area contributed by atoms with Gasteiger partial charge in [-0.05, 0) is 48.2 Å². The minimum Gasteiger partial charge on any atom is -0.465 e. The highest BCUT2D eigenvalue weighted by Crippen LogP contribution is 2.40. The predicted molar refractivity (Wildman–Crippen MR) is 193 cm³/mol. The van der Waals surface area contributed by atoms with Gasteiger partial charge >= 0.3 is 11.9 Å². The second-order valence-corrected chi connectivity index (χ2v) is 12.3. The highest BCUT2D eigenvalue weighted by atomic mass is 16.5. The van der Waals surface area contributed by atoms with E-state index in [1.54, 1.807) is 0 Å². The second-order valence-electron chi connectivity index (χ2n) is 12.3. The van der Waals surface area contributed by atoms with Crippen molar-refractivity contribution in [3.63, 3.8) is 0 Å². The maximum atomic E-state index is 13.4. The smallest absolute Gasteiger partial charge is 0.338 e. The number of nitrogens with zero attached hydrogens (tertiary/aromatic N) is 2. The van der Waals surface area contributed by atoms with Crippen molar-refractivity contribution in [1.82, 2.24) is 0 Å². The lowest BCUT2D eigenvalue weighted by atomic mass is 9.89. The summed E-state index contributed by atoms with van der Waals surface area (Å²) in [7, 11) is 6.99. The zero-order valence-electron chi connectivity index (χ0n) is 29.2. The maximum absolute atomic E-state index is 13.4. The monoisotopic (exact) mass is 628 g/mol. The molecule has 250 valence electrons.